The quantitative estimate of drug-likeness (QED) is 0.902. The van der Waals surface area contributed by atoms with Crippen LogP contribution in [0.3, 0.4) is 0 Å². The second-order valence-electron chi connectivity index (χ2n) is 4.83. The summed E-state index contributed by atoms with van der Waals surface area (Å²) in [5, 5.41) is 12.7. The molecular formula is C14H12N2O4. The summed E-state index contributed by atoms with van der Waals surface area (Å²) >= 11 is 0. The Balaban J connectivity index is 2.19. The largest absolute Gasteiger partial charge is 0.475 e. The maximum absolute atomic E-state index is 11.8. The van der Waals surface area contributed by atoms with Crippen molar-refractivity contribution in [1.29, 1.82) is 0 Å². The lowest BCUT2D eigenvalue weighted by atomic mass is 10.0. The first kappa shape index (κ1) is 12.4. The van der Waals surface area contributed by atoms with Crippen LogP contribution in [0.4, 0.5) is 5.69 Å². The summed E-state index contributed by atoms with van der Waals surface area (Å²) in [6, 6.07) is 5.20. The molecular weight excluding hydrogens is 260 g/mol. The Kier molecular flexibility index (Phi) is 2.60. The Morgan fingerprint density at radius 3 is 2.80 bits per heavy atom. The number of hydrogen-bond acceptors (Lipinski definition) is 4. The number of hydrogen-bond donors (Lipinski definition) is 1. The molecule has 0 spiro atoms. The smallest absolute Gasteiger partial charge is 0.374 e. The number of benzene rings is 1. The van der Waals surface area contributed by atoms with Crippen LogP contribution in [0.1, 0.15) is 21.7 Å². The Bertz CT molecular complexity index is 733. The predicted octanol–water partition coefficient (Wildman–Crippen LogP) is 1.87. The zero-order valence-electron chi connectivity index (χ0n) is 11.0. The van der Waals surface area contributed by atoms with Crippen LogP contribution in [0.15, 0.2) is 22.7 Å². The highest BCUT2D eigenvalue weighted by Crippen LogP contribution is 2.38. The molecule has 2 heterocycles. The van der Waals surface area contributed by atoms with Crippen LogP contribution in [0.2, 0.25) is 0 Å². The van der Waals surface area contributed by atoms with E-state index in [-0.39, 0.29) is 11.7 Å². The second-order valence-corrected chi connectivity index (χ2v) is 4.83. The number of carboxylic acid groups (broad SMARTS) is 1. The Hall–Kier alpha value is -2.63. The molecule has 0 fully saturated rings. The maximum atomic E-state index is 11.8. The molecule has 6 heteroatoms. The fourth-order valence-electron chi connectivity index (χ4n) is 2.49. The fourth-order valence-corrected chi connectivity index (χ4v) is 2.49. The van der Waals surface area contributed by atoms with Gasteiger partial charge in [-0.15, -0.1) is 0 Å². The number of fused-ring (bicyclic) bond motifs is 1. The number of anilines is 1. The molecule has 0 atom stereocenters. The number of aromatic carboxylic acids is 1. The average Bonchev–Trinajstić information content (AvgIpc) is 2.95. The minimum Gasteiger partial charge on any atom is -0.475 e. The van der Waals surface area contributed by atoms with E-state index in [1.54, 1.807) is 11.9 Å². The number of likely N-dealkylation sites (N-methyl/N-ethyl adjacent to an activating group) is 1. The van der Waals surface area contributed by atoms with Gasteiger partial charge in [-0.3, -0.25) is 4.79 Å². The maximum Gasteiger partial charge on any atom is 0.374 e. The van der Waals surface area contributed by atoms with E-state index < -0.39 is 5.97 Å². The Morgan fingerprint density at radius 1 is 1.40 bits per heavy atom. The van der Waals surface area contributed by atoms with Gasteiger partial charge in [0.15, 0.2) is 0 Å². The summed E-state index contributed by atoms with van der Waals surface area (Å²) in [4.78, 5) is 24.3. The molecule has 1 amide bonds. The molecule has 1 aliphatic rings. The van der Waals surface area contributed by atoms with Crippen molar-refractivity contribution in [2.45, 2.75) is 13.3 Å². The zero-order chi connectivity index (χ0) is 14.4. The van der Waals surface area contributed by atoms with Crippen molar-refractivity contribution >= 4 is 17.6 Å². The standard InChI is InChI=1S/C14H12N2O4/c1-7-3-8-5-12(17)16(2)13(8)9(4-7)10-6-11(14(18)19)20-15-10/h3-4,6H,5H2,1-2H3,(H,18,19). The van der Waals surface area contributed by atoms with Crippen LogP contribution in [-0.4, -0.2) is 29.2 Å². The lowest BCUT2D eigenvalue weighted by Crippen LogP contribution is -2.21. The van der Waals surface area contributed by atoms with Crippen molar-refractivity contribution in [3.8, 4) is 11.3 Å². The highest BCUT2D eigenvalue weighted by atomic mass is 16.5. The SMILES string of the molecule is Cc1cc2c(c(-c3cc(C(=O)O)on3)c1)N(C)C(=O)C2. The normalized spacial score (nSPS) is 13.7. The molecule has 0 unspecified atom stereocenters. The van der Waals surface area contributed by atoms with Crippen molar-refractivity contribution in [2.75, 3.05) is 11.9 Å². The number of aromatic nitrogens is 1. The van der Waals surface area contributed by atoms with Gasteiger partial charge < -0.3 is 14.5 Å². The van der Waals surface area contributed by atoms with Crippen LogP contribution in [-0.2, 0) is 11.2 Å². The van der Waals surface area contributed by atoms with E-state index in [9.17, 15) is 9.59 Å². The number of carboxylic acids is 1. The number of rotatable bonds is 2. The van der Waals surface area contributed by atoms with Gasteiger partial charge in [0, 0.05) is 18.7 Å². The summed E-state index contributed by atoms with van der Waals surface area (Å²) in [6.07, 6.45) is 0.351. The van der Waals surface area contributed by atoms with Crippen molar-refractivity contribution in [3.05, 3.63) is 35.1 Å². The molecule has 1 N–H and O–H groups in total. The van der Waals surface area contributed by atoms with Crippen molar-refractivity contribution in [1.82, 2.24) is 5.16 Å². The molecule has 1 aromatic carbocycles. The molecule has 0 saturated heterocycles. The molecule has 1 aliphatic heterocycles. The fraction of sp³-hybridized carbons (Fsp3) is 0.214. The van der Waals surface area contributed by atoms with Gasteiger partial charge in [-0.1, -0.05) is 16.8 Å². The van der Waals surface area contributed by atoms with Gasteiger partial charge in [0.05, 0.1) is 12.1 Å². The molecule has 20 heavy (non-hydrogen) atoms. The van der Waals surface area contributed by atoms with Crippen LogP contribution >= 0.6 is 0 Å². The lowest BCUT2D eigenvalue weighted by Gasteiger charge is -2.14. The van der Waals surface area contributed by atoms with Gasteiger partial charge >= 0.3 is 5.97 Å². The van der Waals surface area contributed by atoms with Crippen LogP contribution in [0, 0.1) is 6.92 Å². The Labute approximate surface area is 114 Å². The molecule has 0 saturated carbocycles. The molecule has 1 aromatic heterocycles. The number of carbonyl (C=O) groups excluding carboxylic acids is 1. The minimum atomic E-state index is -1.17. The first-order chi connectivity index (χ1) is 9.47. The van der Waals surface area contributed by atoms with Crippen molar-refractivity contribution in [3.63, 3.8) is 0 Å². The predicted molar refractivity (Wildman–Crippen MR) is 70.7 cm³/mol. The van der Waals surface area contributed by atoms with Crippen LogP contribution in [0.25, 0.3) is 11.3 Å². The van der Waals surface area contributed by atoms with Gasteiger partial charge in [-0.25, -0.2) is 4.79 Å². The monoisotopic (exact) mass is 272 g/mol. The second kappa shape index (κ2) is 4.19. The molecule has 6 nitrogen and oxygen atoms in total. The number of amides is 1. The molecule has 0 bridgehead atoms. The number of nitrogens with zero attached hydrogens (tertiary/aromatic N) is 2. The number of carbonyl (C=O) groups is 2. The average molecular weight is 272 g/mol. The third-order valence-corrected chi connectivity index (χ3v) is 3.38. The van der Waals surface area contributed by atoms with E-state index in [1.165, 1.54) is 6.07 Å². The van der Waals surface area contributed by atoms with Gasteiger partial charge in [-0.05, 0) is 18.6 Å². The first-order valence-electron chi connectivity index (χ1n) is 6.08. The summed E-state index contributed by atoms with van der Waals surface area (Å²) < 4.78 is 4.79. The van der Waals surface area contributed by atoms with Crippen LogP contribution in [0.5, 0.6) is 0 Å². The summed E-state index contributed by atoms with van der Waals surface area (Å²) in [7, 11) is 1.70. The highest BCUT2D eigenvalue weighted by Gasteiger charge is 2.28. The topological polar surface area (TPSA) is 83.6 Å². The third-order valence-electron chi connectivity index (χ3n) is 3.38. The molecule has 3 rings (SSSR count). The lowest BCUT2D eigenvalue weighted by molar-refractivity contribution is -0.117. The van der Waals surface area contributed by atoms with E-state index in [0.717, 1.165) is 16.8 Å². The van der Waals surface area contributed by atoms with E-state index in [2.05, 4.69) is 5.16 Å². The summed E-state index contributed by atoms with van der Waals surface area (Å²) in [5.41, 5.74) is 3.81. The summed E-state index contributed by atoms with van der Waals surface area (Å²) in [6.45, 7) is 1.92. The van der Waals surface area contributed by atoms with Crippen molar-refractivity contribution in [2.24, 2.45) is 0 Å². The van der Waals surface area contributed by atoms with E-state index in [1.807, 2.05) is 19.1 Å². The number of aryl methyl sites for hydroxylation is 1. The molecule has 2 aromatic rings. The van der Waals surface area contributed by atoms with Crippen LogP contribution < -0.4 is 4.90 Å². The minimum absolute atomic E-state index is 0.00815. The van der Waals surface area contributed by atoms with E-state index in [4.69, 9.17) is 9.63 Å². The summed E-state index contributed by atoms with van der Waals surface area (Å²) in [5.74, 6) is -1.38. The Morgan fingerprint density at radius 2 is 2.15 bits per heavy atom. The van der Waals surface area contributed by atoms with Gasteiger partial charge in [0.25, 0.3) is 0 Å². The molecule has 0 aliphatic carbocycles. The highest BCUT2D eigenvalue weighted by molar-refractivity contribution is 6.05. The van der Waals surface area contributed by atoms with Crippen molar-refractivity contribution < 1.29 is 19.2 Å². The zero-order valence-corrected chi connectivity index (χ0v) is 11.0. The molecule has 102 valence electrons. The van der Waals surface area contributed by atoms with Gasteiger partial charge in [-0.2, -0.15) is 0 Å². The van der Waals surface area contributed by atoms with E-state index in [0.29, 0.717) is 17.7 Å². The van der Waals surface area contributed by atoms with Gasteiger partial charge in [0.1, 0.15) is 5.69 Å². The van der Waals surface area contributed by atoms with Gasteiger partial charge in [0.2, 0.25) is 11.7 Å². The van der Waals surface area contributed by atoms with E-state index >= 15 is 0 Å². The first-order valence-corrected chi connectivity index (χ1v) is 6.08. The third kappa shape index (κ3) is 1.77. The molecule has 0 radical (unpaired) electrons.